The highest BCUT2D eigenvalue weighted by Crippen LogP contribution is 2.25. The fourth-order valence-corrected chi connectivity index (χ4v) is 4.23. The van der Waals surface area contributed by atoms with E-state index in [2.05, 4.69) is 15.4 Å². The van der Waals surface area contributed by atoms with Gasteiger partial charge in [0.2, 0.25) is 11.8 Å². The number of carbonyl (C=O) groups excluding carboxylic acids is 2. The van der Waals surface area contributed by atoms with Gasteiger partial charge in [0.1, 0.15) is 36.7 Å². The number of aliphatic hydroxyl groups is 2. The zero-order chi connectivity index (χ0) is 23.4. The van der Waals surface area contributed by atoms with Gasteiger partial charge >= 0.3 is 0 Å². The third kappa shape index (κ3) is 5.45. The number of nitrogens with two attached hydrogens (primary N) is 1. The monoisotopic (exact) mass is 469 g/mol. The van der Waals surface area contributed by atoms with E-state index in [4.69, 9.17) is 10.5 Å². The number of benzene rings is 1. The van der Waals surface area contributed by atoms with Crippen LogP contribution in [0.5, 0.6) is 5.75 Å². The van der Waals surface area contributed by atoms with Crippen LogP contribution in [0.4, 0.5) is 0 Å². The first-order valence-corrected chi connectivity index (χ1v) is 11.1. The Bertz CT molecular complexity index is 1110. The minimum Gasteiger partial charge on any atom is -0.484 e. The molecule has 0 saturated heterocycles. The van der Waals surface area contributed by atoms with Crippen LogP contribution in [-0.4, -0.2) is 61.1 Å². The molecule has 2 heterocycles. The van der Waals surface area contributed by atoms with E-state index in [0.717, 1.165) is 10.6 Å². The number of primary amides is 1. The third-order valence-corrected chi connectivity index (χ3v) is 6.14. The summed E-state index contributed by atoms with van der Waals surface area (Å²) in [5.74, 6) is -0.772. The number of carbonyl (C=O) groups is 2. The van der Waals surface area contributed by atoms with Crippen LogP contribution in [0, 0.1) is 0 Å². The van der Waals surface area contributed by atoms with Crippen molar-refractivity contribution in [2.45, 2.75) is 37.2 Å². The highest BCUT2D eigenvalue weighted by atomic mass is 32.1. The van der Waals surface area contributed by atoms with Crippen molar-refractivity contribution in [1.29, 1.82) is 0 Å². The summed E-state index contributed by atoms with van der Waals surface area (Å²) in [6, 6.07) is 9.69. The topological polar surface area (TPSA) is 153 Å². The summed E-state index contributed by atoms with van der Waals surface area (Å²) < 4.78 is 7.41. The lowest BCUT2D eigenvalue weighted by molar-refractivity contribution is -0.126. The summed E-state index contributed by atoms with van der Waals surface area (Å²) in [5.41, 5.74) is 6.43. The van der Waals surface area contributed by atoms with Gasteiger partial charge in [0.05, 0.1) is 11.8 Å². The number of aliphatic hydroxyl groups excluding tert-OH is 2. The number of ether oxygens (including phenoxy) is 1. The van der Waals surface area contributed by atoms with E-state index in [-0.39, 0.29) is 18.4 Å². The normalized spacial score (nSPS) is 21.2. The van der Waals surface area contributed by atoms with Crippen molar-refractivity contribution < 1.29 is 24.5 Å². The Morgan fingerprint density at radius 3 is 2.70 bits per heavy atom. The second kappa shape index (κ2) is 9.94. The lowest BCUT2D eigenvalue weighted by Gasteiger charge is -2.31. The summed E-state index contributed by atoms with van der Waals surface area (Å²) in [6.45, 7) is 0. The fraction of sp³-hybridized carbons (Fsp3) is 0.273. The number of thiophene rings is 1. The maximum absolute atomic E-state index is 12.8. The minimum atomic E-state index is -1.23. The Morgan fingerprint density at radius 2 is 2.06 bits per heavy atom. The number of amides is 2. The van der Waals surface area contributed by atoms with E-state index in [9.17, 15) is 19.8 Å². The molecule has 0 saturated carbocycles. The molecule has 0 aliphatic heterocycles. The number of rotatable bonds is 8. The summed E-state index contributed by atoms with van der Waals surface area (Å²) >= 11 is 1.46. The molecular weight excluding hydrogens is 446 g/mol. The van der Waals surface area contributed by atoms with Crippen LogP contribution in [-0.2, 0) is 16.0 Å². The molecule has 2 aromatic heterocycles. The van der Waals surface area contributed by atoms with Gasteiger partial charge in [-0.05, 0) is 41.8 Å². The molecule has 5 N–H and O–H groups in total. The van der Waals surface area contributed by atoms with E-state index < -0.39 is 36.2 Å². The average molecular weight is 470 g/mol. The quantitative estimate of drug-likeness (QED) is 0.371. The first-order valence-electron chi connectivity index (χ1n) is 10.2. The predicted octanol–water partition coefficient (Wildman–Crippen LogP) is 0.341. The minimum absolute atomic E-state index is 0.0808. The molecule has 4 unspecified atom stereocenters. The Labute approximate surface area is 193 Å². The second-order valence-corrected chi connectivity index (χ2v) is 8.61. The van der Waals surface area contributed by atoms with Crippen LogP contribution >= 0.6 is 11.3 Å². The van der Waals surface area contributed by atoms with Gasteiger partial charge in [-0.2, -0.15) is 5.10 Å². The molecule has 33 heavy (non-hydrogen) atoms. The Hall–Kier alpha value is -3.54. The second-order valence-electron chi connectivity index (χ2n) is 7.58. The number of hydrogen-bond donors (Lipinski definition) is 4. The number of aromatic nitrogens is 3. The Balaban J connectivity index is 1.46. The van der Waals surface area contributed by atoms with Gasteiger partial charge in [-0.15, -0.1) is 11.3 Å². The maximum atomic E-state index is 12.8. The molecule has 0 fully saturated rings. The van der Waals surface area contributed by atoms with E-state index in [0.29, 0.717) is 5.75 Å². The average Bonchev–Trinajstić information content (AvgIpc) is 3.51. The van der Waals surface area contributed by atoms with Crippen LogP contribution in [0.3, 0.4) is 0 Å². The molecule has 0 bridgehead atoms. The van der Waals surface area contributed by atoms with Gasteiger partial charge in [-0.25, -0.2) is 9.67 Å². The fourth-order valence-electron chi connectivity index (χ4n) is 3.48. The highest BCUT2D eigenvalue weighted by Gasteiger charge is 2.35. The van der Waals surface area contributed by atoms with E-state index in [1.54, 1.807) is 35.3 Å². The molecular formula is C22H23N5O5S. The Kier molecular flexibility index (Phi) is 6.82. The number of nitrogens with zero attached hydrogens (tertiary/aromatic N) is 3. The zero-order valence-corrected chi connectivity index (χ0v) is 18.3. The van der Waals surface area contributed by atoms with Crippen LogP contribution in [0.1, 0.15) is 11.3 Å². The lowest BCUT2D eigenvalue weighted by atomic mass is 9.91. The van der Waals surface area contributed by atoms with E-state index in [1.165, 1.54) is 23.7 Å². The molecule has 2 amide bonds. The molecule has 3 aromatic rings. The third-order valence-electron chi connectivity index (χ3n) is 5.24. The van der Waals surface area contributed by atoms with Crippen molar-refractivity contribution >= 4 is 23.2 Å². The largest absolute Gasteiger partial charge is 0.484 e. The van der Waals surface area contributed by atoms with Crippen LogP contribution in [0.15, 0.2) is 66.1 Å². The van der Waals surface area contributed by atoms with Gasteiger partial charge in [-0.1, -0.05) is 6.07 Å². The predicted molar refractivity (Wildman–Crippen MR) is 120 cm³/mol. The van der Waals surface area contributed by atoms with Crippen LogP contribution in [0.25, 0.3) is 5.69 Å². The van der Waals surface area contributed by atoms with Gasteiger partial charge in [0.25, 0.3) is 0 Å². The highest BCUT2D eigenvalue weighted by molar-refractivity contribution is 7.09. The number of hydrogen-bond acceptors (Lipinski definition) is 8. The number of nitrogens with one attached hydrogen (secondary N) is 1. The van der Waals surface area contributed by atoms with Crippen molar-refractivity contribution in [1.82, 2.24) is 20.1 Å². The molecule has 0 radical (unpaired) electrons. The van der Waals surface area contributed by atoms with Crippen molar-refractivity contribution in [3.05, 3.63) is 71.0 Å². The molecule has 1 aromatic carbocycles. The van der Waals surface area contributed by atoms with E-state index >= 15 is 0 Å². The summed E-state index contributed by atoms with van der Waals surface area (Å²) in [7, 11) is 0. The lowest BCUT2D eigenvalue weighted by Crippen LogP contribution is -2.49. The van der Waals surface area contributed by atoms with E-state index in [1.807, 2.05) is 17.5 Å². The smallest absolute Gasteiger partial charge is 0.247 e. The molecule has 172 valence electrons. The van der Waals surface area contributed by atoms with Crippen LogP contribution in [0.2, 0.25) is 0 Å². The van der Waals surface area contributed by atoms with Crippen molar-refractivity contribution in [3.8, 4) is 11.4 Å². The van der Waals surface area contributed by atoms with Crippen LogP contribution < -0.4 is 15.8 Å². The summed E-state index contributed by atoms with van der Waals surface area (Å²) in [4.78, 5) is 29.5. The standard InChI is InChI=1S/C22H23N5O5S/c23-21(30)17(10-16-2-1-7-33-16)26-22(31)13-8-18(28)20(29)19(9-13)32-15-5-3-14(4-6-15)27-12-24-11-25-27/h1-7,9,11-12,17-20,28-29H,8,10H2,(H2,23,30)(H,26,31). The Morgan fingerprint density at radius 1 is 1.27 bits per heavy atom. The molecule has 1 aliphatic rings. The van der Waals surface area contributed by atoms with Crippen molar-refractivity contribution in [2.24, 2.45) is 5.73 Å². The van der Waals surface area contributed by atoms with Gasteiger partial charge < -0.3 is 26.0 Å². The molecule has 0 spiro atoms. The zero-order valence-electron chi connectivity index (χ0n) is 17.4. The van der Waals surface area contributed by atoms with Gasteiger partial charge in [0.15, 0.2) is 0 Å². The SMILES string of the molecule is NC(=O)C(Cc1cccs1)NC(=O)C1=CC(Oc2ccc(-n3cncn3)cc2)C(O)C(O)C1. The molecule has 4 atom stereocenters. The van der Waals surface area contributed by atoms with Crippen molar-refractivity contribution in [3.63, 3.8) is 0 Å². The summed E-state index contributed by atoms with van der Waals surface area (Å²) in [6.07, 6.45) is 1.23. The van der Waals surface area contributed by atoms with Gasteiger partial charge in [-0.3, -0.25) is 9.59 Å². The summed E-state index contributed by atoms with van der Waals surface area (Å²) in [5, 5.41) is 29.3. The molecule has 11 heteroatoms. The van der Waals surface area contributed by atoms with Gasteiger partial charge in [0, 0.05) is 23.3 Å². The molecule has 1 aliphatic carbocycles. The first-order chi connectivity index (χ1) is 15.9. The maximum Gasteiger partial charge on any atom is 0.247 e. The first kappa shape index (κ1) is 22.6. The molecule has 4 rings (SSSR count). The van der Waals surface area contributed by atoms with Crippen molar-refractivity contribution in [2.75, 3.05) is 0 Å². The molecule has 10 nitrogen and oxygen atoms in total.